The Morgan fingerprint density at radius 2 is 1.29 bits per heavy atom. The molecule has 5 aromatic rings. The summed E-state index contributed by atoms with van der Waals surface area (Å²) in [7, 11) is 0. The summed E-state index contributed by atoms with van der Waals surface area (Å²) < 4.78 is 0. The van der Waals surface area contributed by atoms with Crippen LogP contribution in [0.1, 0.15) is 45.5 Å². The Morgan fingerprint density at radius 1 is 0.629 bits per heavy atom. The second kappa shape index (κ2) is 7.74. The number of carbonyl (C=O) groups excluding carboxylic acids is 2. The fourth-order valence-corrected chi connectivity index (χ4v) is 6.29. The summed E-state index contributed by atoms with van der Waals surface area (Å²) in [6.07, 6.45) is 3.39. The molecule has 0 spiro atoms. The highest BCUT2D eigenvalue weighted by molar-refractivity contribution is 6.27. The Morgan fingerprint density at radius 3 is 2.11 bits per heavy atom. The first-order chi connectivity index (χ1) is 17.2. The first-order valence-corrected chi connectivity index (χ1v) is 12.4. The summed E-state index contributed by atoms with van der Waals surface area (Å²) in [5.74, 6) is 0.195. The molecule has 2 nitrogen and oxygen atoms in total. The highest BCUT2D eigenvalue weighted by atomic mass is 16.1. The van der Waals surface area contributed by atoms with Crippen LogP contribution in [0.2, 0.25) is 0 Å². The fourth-order valence-electron chi connectivity index (χ4n) is 6.29. The van der Waals surface area contributed by atoms with Gasteiger partial charge >= 0.3 is 0 Å². The Balaban J connectivity index is 1.28. The van der Waals surface area contributed by atoms with Crippen LogP contribution in [0.25, 0.3) is 32.3 Å². The van der Waals surface area contributed by atoms with E-state index in [-0.39, 0.29) is 17.5 Å². The van der Waals surface area contributed by atoms with Gasteiger partial charge in [-0.15, -0.1) is 0 Å². The summed E-state index contributed by atoms with van der Waals surface area (Å²) in [5.41, 5.74) is 3.88. The summed E-state index contributed by atoms with van der Waals surface area (Å²) in [4.78, 5) is 26.6. The molecule has 1 unspecified atom stereocenters. The van der Waals surface area contributed by atoms with Crippen molar-refractivity contribution in [1.82, 2.24) is 0 Å². The van der Waals surface area contributed by atoms with Gasteiger partial charge in [-0.05, 0) is 69.5 Å². The molecule has 2 heteroatoms. The van der Waals surface area contributed by atoms with E-state index < -0.39 is 0 Å². The zero-order chi connectivity index (χ0) is 23.5. The van der Waals surface area contributed by atoms with Gasteiger partial charge in [0.1, 0.15) is 0 Å². The van der Waals surface area contributed by atoms with Crippen LogP contribution in [-0.2, 0) is 6.42 Å². The molecule has 0 saturated heterocycles. The molecule has 0 bridgehead atoms. The van der Waals surface area contributed by atoms with E-state index in [2.05, 4.69) is 66.7 Å². The van der Waals surface area contributed by atoms with Crippen LogP contribution in [0.4, 0.5) is 0 Å². The van der Waals surface area contributed by atoms with Gasteiger partial charge in [-0.1, -0.05) is 91.0 Å². The van der Waals surface area contributed by atoms with Gasteiger partial charge in [0.15, 0.2) is 11.6 Å². The average Bonchev–Trinajstić information content (AvgIpc) is 2.91. The van der Waals surface area contributed by atoms with E-state index in [1.54, 1.807) is 12.1 Å². The quantitative estimate of drug-likeness (QED) is 0.255. The molecular weight excluding hydrogens is 428 g/mol. The third-order valence-corrected chi connectivity index (χ3v) is 7.94. The van der Waals surface area contributed by atoms with Gasteiger partial charge in [0.25, 0.3) is 0 Å². The van der Waals surface area contributed by atoms with Crippen molar-refractivity contribution in [2.75, 3.05) is 0 Å². The predicted octanol–water partition coefficient (Wildman–Crippen LogP) is 7.86. The molecule has 2 aliphatic rings. The van der Waals surface area contributed by atoms with Crippen LogP contribution >= 0.6 is 0 Å². The number of fused-ring (bicyclic) bond motifs is 6. The number of carbonyl (C=O) groups is 2. The number of hydrogen-bond donors (Lipinski definition) is 0. The Kier molecular flexibility index (Phi) is 4.50. The second-order valence-corrected chi connectivity index (χ2v) is 9.89. The third kappa shape index (κ3) is 3.10. The molecule has 0 amide bonds. The Labute approximate surface area is 203 Å². The number of benzene rings is 5. The third-order valence-electron chi connectivity index (χ3n) is 7.94. The van der Waals surface area contributed by atoms with Crippen molar-refractivity contribution < 1.29 is 9.59 Å². The van der Waals surface area contributed by atoms with E-state index in [1.807, 2.05) is 12.1 Å². The Bertz CT molecular complexity index is 1740. The molecular formula is C33H24O2. The number of hydrogen-bond acceptors (Lipinski definition) is 2. The molecule has 0 fully saturated rings. The van der Waals surface area contributed by atoms with Crippen molar-refractivity contribution in [2.24, 2.45) is 5.92 Å². The van der Waals surface area contributed by atoms with Gasteiger partial charge < -0.3 is 0 Å². The van der Waals surface area contributed by atoms with Gasteiger partial charge in [-0.25, -0.2) is 0 Å². The minimum Gasteiger partial charge on any atom is -0.289 e. The van der Waals surface area contributed by atoms with E-state index in [1.165, 1.54) is 37.9 Å². The zero-order valence-corrected chi connectivity index (χ0v) is 19.4. The summed E-state index contributed by atoms with van der Waals surface area (Å²) in [6.45, 7) is 0. The SMILES string of the molecule is O=C1C2=C(C(=O)c3ccccc31)C(Cc1ccc3c(ccc4c5ccccc5ccc34)c1)CCC2. The van der Waals surface area contributed by atoms with Crippen LogP contribution in [0.3, 0.4) is 0 Å². The van der Waals surface area contributed by atoms with Crippen LogP contribution in [0.15, 0.2) is 102 Å². The fraction of sp³-hybridized carbons (Fsp3) is 0.152. The Hall–Kier alpha value is -4.04. The summed E-state index contributed by atoms with van der Waals surface area (Å²) in [5, 5.41) is 7.53. The van der Waals surface area contributed by atoms with Crippen molar-refractivity contribution in [3.8, 4) is 0 Å². The van der Waals surface area contributed by atoms with Crippen molar-refractivity contribution in [1.29, 1.82) is 0 Å². The van der Waals surface area contributed by atoms with Crippen molar-refractivity contribution in [3.05, 3.63) is 119 Å². The van der Waals surface area contributed by atoms with Gasteiger partial charge in [0.2, 0.25) is 0 Å². The van der Waals surface area contributed by atoms with Crippen LogP contribution in [0.5, 0.6) is 0 Å². The highest BCUT2D eigenvalue weighted by Gasteiger charge is 2.37. The number of rotatable bonds is 2. The van der Waals surface area contributed by atoms with E-state index >= 15 is 0 Å². The average molecular weight is 453 g/mol. The van der Waals surface area contributed by atoms with Gasteiger partial charge in [0, 0.05) is 22.3 Å². The van der Waals surface area contributed by atoms with E-state index in [0.717, 1.165) is 30.4 Å². The second-order valence-electron chi connectivity index (χ2n) is 9.89. The highest BCUT2D eigenvalue weighted by Crippen LogP contribution is 2.40. The van der Waals surface area contributed by atoms with E-state index in [0.29, 0.717) is 17.5 Å². The molecule has 0 aromatic heterocycles. The molecule has 35 heavy (non-hydrogen) atoms. The summed E-state index contributed by atoms with van der Waals surface area (Å²) in [6, 6.07) is 31.4. The van der Waals surface area contributed by atoms with Crippen molar-refractivity contribution >= 4 is 43.9 Å². The summed E-state index contributed by atoms with van der Waals surface area (Å²) >= 11 is 0. The maximum atomic E-state index is 13.5. The molecule has 2 aliphatic carbocycles. The lowest BCUT2D eigenvalue weighted by atomic mass is 9.71. The maximum absolute atomic E-state index is 13.5. The lowest BCUT2D eigenvalue weighted by Crippen LogP contribution is -2.30. The minimum atomic E-state index is 0.0529. The lowest BCUT2D eigenvalue weighted by Gasteiger charge is -2.31. The molecule has 0 N–H and O–H groups in total. The smallest absolute Gasteiger partial charge is 0.190 e. The largest absolute Gasteiger partial charge is 0.289 e. The topological polar surface area (TPSA) is 34.1 Å². The number of allylic oxidation sites excluding steroid dienone is 2. The molecule has 0 radical (unpaired) electrons. The number of Topliss-reactive ketones (excluding diaryl/α,β-unsaturated/α-hetero) is 2. The molecule has 168 valence electrons. The monoisotopic (exact) mass is 452 g/mol. The molecule has 5 aromatic carbocycles. The standard InChI is InChI=1S/C33H24O2/c34-32-28-9-3-4-10-29(28)33(35)31-23(7-5-11-30(31)32)19-20-12-15-25-22(18-20)14-17-26-24-8-2-1-6-21(24)13-16-27(25)26/h1-4,6,8-10,12-18,23H,5,7,11,19H2. The van der Waals surface area contributed by atoms with Crippen LogP contribution in [0, 0.1) is 5.92 Å². The normalized spacial score (nSPS) is 17.8. The van der Waals surface area contributed by atoms with Gasteiger partial charge in [-0.2, -0.15) is 0 Å². The molecule has 0 heterocycles. The lowest BCUT2D eigenvalue weighted by molar-refractivity contribution is 0.0954. The van der Waals surface area contributed by atoms with Crippen LogP contribution in [-0.4, -0.2) is 11.6 Å². The van der Waals surface area contributed by atoms with E-state index in [9.17, 15) is 9.59 Å². The predicted molar refractivity (Wildman–Crippen MR) is 142 cm³/mol. The minimum absolute atomic E-state index is 0.0529. The first-order valence-electron chi connectivity index (χ1n) is 12.4. The molecule has 0 aliphatic heterocycles. The maximum Gasteiger partial charge on any atom is 0.190 e. The van der Waals surface area contributed by atoms with Crippen molar-refractivity contribution in [2.45, 2.75) is 25.7 Å². The van der Waals surface area contributed by atoms with Gasteiger partial charge in [0.05, 0.1) is 0 Å². The van der Waals surface area contributed by atoms with Gasteiger partial charge in [-0.3, -0.25) is 9.59 Å². The van der Waals surface area contributed by atoms with E-state index in [4.69, 9.17) is 0 Å². The molecule has 1 atom stereocenters. The molecule has 7 rings (SSSR count). The first kappa shape index (κ1) is 20.3. The molecule has 0 saturated carbocycles. The van der Waals surface area contributed by atoms with Crippen molar-refractivity contribution in [3.63, 3.8) is 0 Å². The van der Waals surface area contributed by atoms with Crippen LogP contribution < -0.4 is 0 Å². The zero-order valence-electron chi connectivity index (χ0n) is 19.4. The number of ketones is 2.